The Labute approximate surface area is 105 Å². The Morgan fingerprint density at radius 2 is 1.83 bits per heavy atom. The van der Waals surface area contributed by atoms with Crippen molar-refractivity contribution >= 4 is 12.4 Å². The molecule has 0 aromatic heterocycles. The Morgan fingerprint density at radius 3 is 2.17 bits per heavy atom. The van der Waals surface area contributed by atoms with Crippen molar-refractivity contribution in [3.8, 4) is 0 Å². The van der Waals surface area contributed by atoms with Crippen LogP contribution < -0.4 is 0 Å². The molecule has 1 aliphatic heterocycles. The van der Waals surface area contributed by atoms with Gasteiger partial charge in [0, 0.05) is 13.1 Å². The van der Waals surface area contributed by atoms with Crippen molar-refractivity contribution in [1.82, 2.24) is 4.90 Å². The Hall–Kier alpha value is -1.20. The highest BCUT2D eigenvalue weighted by molar-refractivity contribution is 5.69. The molecule has 0 saturated carbocycles. The first-order valence-electron chi connectivity index (χ1n) is 5.93. The molecule has 0 spiro atoms. The van der Waals surface area contributed by atoms with Gasteiger partial charge in [0.25, 0.3) is 6.43 Å². The number of carbonyl (C=O) groups is 2. The minimum Gasteiger partial charge on any atom is -0.444 e. The van der Waals surface area contributed by atoms with Crippen LogP contribution in [-0.4, -0.2) is 42.4 Å². The number of carbonyl (C=O) groups excluding carboxylic acids is 2. The molecule has 0 atom stereocenters. The van der Waals surface area contributed by atoms with Crippen molar-refractivity contribution in [3.05, 3.63) is 0 Å². The van der Waals surface area contributed by atoms with Gasteiger partial charge in [-0.3, -0.25) is 0 Å². The van der Waals surface area contributed by atoms with E-state index in [9.17, 15) is 18.4 Å². The van der Waals surface area contributed by atoms with E-state index in [1.807, 2.05) is 0 Å². The van der Waals surface area contributed by atoms with Gasteiger partial charge < -0.3 is 14.4 Å². The fourth-order valence-electron chi connectivity index (χ4n) is 1.82. The molecule has 1 aliphatic rings. The van der Waals surface area contributed by atoms with E-state index in [1.54, 1.807) is 20.8 Å². The lowest BCUT2D eigenvalue weighted by Crippen LogP contribution is -2.48. The minimum absolute atomic E-state index is 0.0204. The van der Waals surface area contributed by atoms with Crippen LogP contribution in [0.25, 0.3) is 0 Å². The fourth-order valence-corrected chi connectivity index (χ4v) is 1.82. The maximum Gasteiger partial charge on any atom is 0.410 e. The first-order chi connectivity index (χ1) is 8.20. The van der Waals surface area contributed by atoms with E-state index < -0.39 is 23.5 Å². The average Bonchev–Trinajstić information content (AvgIpc) is 2.26. The van der Waals surface area contributed by atoms with Crippen molar-refractivity contribution in [2.24, 2.45) is 5.41 Å². The molecule has 1 heterocycles. The zero-order chi connectivity index (χ0) is 14.0. The number of piperidine rings is 1. The van der Waals surface area contributed by atoms with Crippen LogP contribution >= 0.6 is 0 Å². The molecule has 1 rings (SSSR count). The lowest BCUT2D eigenvalue weighted by molar-refractivity contribution is -0.130. The van der Waals surface area contributed by atoms with Crippen LogP contribution in [-0.2, 0) is 9.53 Å². The van der Waals surface area contributed by atoms with Crippen molar-refractivity contribution in [1.29, 1.82) is 0 Å². The van der Waals surface area contributed by atoms with Crippen LogP contribution in [0.15, 0.2) is 0 Å². The van der Waals surface area contributed by atoms with E-state index in [0.717, 1.165) is 0 Å². The van der Waals surface area contributed by atoms with E-state index in [-0.39, 0.29) is 25.9 Å². The van der Waals surface area contributed by atoms with Gasteiger partial charge in [-0.05, 0) is 33.6 Å². The van der Waals surface area contributed by atoms with Gasteiger partial charge in [0.1, 0.15) is 11.9 Å². The predicted molar refractivity (Wildman–Crippen MR) is 61.5 cm³/mol. The molecular weight excluding hydrogens is 244 g/mol. The van der Waals surface area contributed by atoms with Gasteiger partial charge in [-0.15, -0.1) is 0 Å². The normalized spacial score (nSPS) is 19.8. The highest BCUT2D eigenvalue weighted by Gasteiger charge is 2.44. The third-order valence-electron chi connectivity index (χ3n) is 3.02. The molecule has 0 aromatic carbocycles. The van der Waals surface area contributed by atoms with Crippen LogP contribution in [0.2, 0.25) is 0 Å². The van der Waals surface area contributed by atoms with E-state index in [1.165, 1.54) is 4.90 Å². The molecule has 0 aliphatic carbocycles. The van der Waals surface area contributed by atoms with Gasteiger partial charge in [0.15, 0.2) is 0 Å². The predicted octanol–water partition coefficient (Wildman–Crippen LogP) is 2.47. The first kappa shape index (κ1) is 14.9. The lowest BCUT2D eigenvalue weighted by atomic mass is 9.80. The van der Waals surface area contributed by atoms with Crippen LogP contribution in [0.5, 0.6) is 0 Å². The maximum atomic E-state index is 12.8. The average molecular weight is 263 g/mol. The molecule has 0 N–H and O–H groups in total. The standard InChI is InChI=1S/C12H19F2NO3/c1-11(2,3)18-10(17)15-6-4-12(8-16,5-7-15)9(13)14/h8-9H,4-7H2,1-3H3. The smallest absolute Gasteiger partial charge is 0.410 e. The number of alkyl halides is 2. The third kappa shape index (κ3) is 3.40. The molecular formula is C12H19F2NO3. The zero-order valence-electron chi connectivity index (χ0n) is 10.9. The molecule has 18 heavy (non-hydrogen) atoms. The Balaban J connectivity index is 2.58. The van der Waals surface area contributed by atoms with Gasteiger partial charge in [-0.25, -0.2) is 13.6 Å². The number of nitrogens with zero attached hydrogens (tertiary/aromatic N) is 1. The fraction of sp³-hybridized carbons (Fsp3) is 0.833. The van der Waals surface area contributed by atoms with Crippen molar-refractivity contribution in [3.63, 3.8) is 0 Å². The molecule has 4 nitrogen and oxygen atoms in total. The first-order valence-corrected chi connectivity index (χ1v) is 5.93. The second-order valence-corrected chi connectivity index (χ2v) is 5.62. The summed E-state index contributed by atoms with van der Waals surface area (Å²) in [6.45, 7) is 5.47. The largest absolute Gasteiger partial charge is 0.444 e. The van der Waals surface area contributed by atoms with Crippen LogP contribution in [0, 0.1) is 5.41 Å². The van der Waals surface area contributed by atoms with E-state index >= 15 is 0 Å². The Kier molecular flexibility index (Phi) is 4.29. The van der Waals surface area contributed by atoms with E-state index in [2.05, 4.69) is 0 Å². The molecule has 1 saturated heterocycles. The summed E-state index contributed by atoms with van der Waals surface area (Å²) >= 11 is 0. The quantitative estimate of drug-likeness (QED) is 0.719. The molecule has 104 valence electrons. The van der Waals surface area contributed by atoms with Gasteiger partial charge in [0.05, 0.1) is 5.41 Å². The summed E-state index contributed by atoms with van der Waals surface area (Å²) in [6.07, 6.45) is -2.92. The summed E-state index contributed by atoms with van der Waals surface area (Å²) in [6, 6.07) is 0. The highest BCUT2D eigenvalue weighted by Crippen LogP contribution is 2.35. The van der Waals surface area contributed by atoms with Crippen LogP contribution in [0.3, 0.4) is 0 Å². The Morgan fingerprint density at radius 1 is 1.33 bits per heavy atom. The molecule has 1 amide bonds. The summed E-state index contributed by atoms with van der Waals surface area (Å²) in [5, 5.41) is 0. The molecule has 0 aromatic rings. The second-order valence-electron chi connectivity index (χ2n) is 5.62. The summed E-state index contributed by atoms with van der Waals surface area (Å²) < 4.78 is 30.8. The van der Waals surface area contributed by atoms with Crippen LogP contribution in [0.1, 0.15) is 33.6 Å². The number of aldehydes is 1. The van der Waals surface area contributed by atoms with Gasteiger partial charge in [0.2, 0.25) is 0 Å². The number of likely N-dealkylation sites (tertiary alicyclic amines) is 1. The van der Waals surface area contributed by atoms with Crippen molar-refractivity contribution in [2.45, 2.75) is 45.6 Å². The molecule has 0 unspecified atom stereocenters. The molecule has 1 fully saturated rings. The van der Waals surface area contributed by atoms with E-state index in [4.69, 9.17) is 4.74 Å². The number of halogens is 2. The van der Waals surface area contributed by atoms with Crippen molar-refractivity contribution < 1.29 is 23.1 Å². The minimum atomic E-state index is -2.68. The van der Waals surface area contributed by atoms with Gasteiger partial charge in [-0.2, -0.15) is 0 Å². The third-order valence-corrected chi connectivity index (χ3v) is 3.02. The summed E-state index contributed by atoms with van der Waals surface area (Å²) in [7, 11) is 0. The molecule has 0 radical (unpaired) electrons. The molecule has 6 heteroatoms. The van der Waals surface area contributed by atoms with Gasteiger partial charge in [-0.1, -0.05) is 0 Å². The summed E-state index contributed by atoms with van der Waals surface area (Å²) in [5.41, 5.74) is -2.21. The summed E-state index contributed by atoms with van der Waals surface area (Å²) in [5.74, 6) is 0. The molecule has 0 bridgehead atoms. The maximum absolute atomic E-state index is 12.8. The van der Waals surface area contributed by atoms with Crippen LogP contribution in [0.4, 0.5) is 13.6 Å². The summed E-state index contributed by atoms with van der Waals surface area (Å²) in [4.78, 5) is 23.9. The monoisotopic (exact) mass is 263 g/mol. The number of hydrogen-bond acceptors (Lipinski definition) is 3. The number of hydrogen-bond donors (Lipinski definition) is 0. The number of rotatable bonds is 2. The zero-order valence-corrected chi connectivity index (χ0v) is 10.9. The SMILES string of the molecule is CC(C)(C)OC(=O)N1CCC(C=O)(C(F)F)CC1. The topological polar surface area (TPSA) is 46.6 Å². The van der Waals surface area contributed by atoms with Crippen molar-refractivity contribution in [2.75, 3.05) is 13.1 Å². The van der Waals surface area contributed by atoms with E-state index in [0.29, 0.717) is 6.29 Å². The second kappa shape index (κ2) is 5.20. The number of ether oxygens (including phenoxy) is 1. The lowest BCUT2D eigenvalue weighted by Gasteiger charge is -2.37. The number of amides is 1. The highest BCUT2D eigenvalue weighted by atomic mass is 19.3. The van der Waals surface area contributed by atoms with Gasteiger partial charge >= 0.3 is 6.09 Å². The Bertz CT molecular complexity index is 318.